The van der Waals surface area contributed by atoms with Crippen molar-refractivity contribution < 1.29 is 0 Å². The van der Waals surface area contributed by atoms with Crippen LogP contribution in [-0.4, -0.2) is 23.8 Å². The lowest BCUT2D eigenvalue weighted by molar-refractivity contribution is 0.584. The SMILES string of the molecule is CN1C[C]N=C1Cl. The van der Waals surface area contributed by atoms with E-state index in [1.807, 2.05) is 11.9 Å². The van der Waals surface area contributed by atoms with Crippen molar-refractivity contribution in [2.75, 3.05) is 13.6 Å². The second kappa shape index (κ2) is 1.70. The lowest BCUT2D eigenvalue weighted by Crippen LogP contribution is -2.16. The lowest BCUT2D eigenvalue weighted by Gasteiger charge is -2.04. The van der Waals surface area contributed by atoms with Crippen LogP contribution >= 0.6 is 11.6 Å². The number of hydrogen-bond acceptors (Lipinski definition) is 2. The highest BCUT2D eigenvalue weighted by Crippen LogP contribution is 2.03. The third kappa shape index (κ3) is 0.855. The van der Waals surface area contributed by atoms with Crippen LogP contribution in [0.25, 0.3) is 0 Å². The molecule has 7 heavy (non-hydrogen) atoms. The molecule has 0 amide bonds. The van der Waals surface area contributed by atoms with Crippen LogP contribution in [0.15, 0.2) is 4.99 Å². The third-order valence-electron chi connectivity index (χ3n) is 0.794. The number of halogens is 1. The Bertz CT molecular complexity index is 99.9. The van der Waals surface area contributed by atoms with Crippen LogP contribution in [0.2, 0.25) is 0 Å². The van der Waals surface area contributed by atoms with Gasteiger partial charge in [-0.25, -0.2) is 4.99 Å². The molecule has 0 spiro atoms. The van der Waals surface area contributed by atoms with E-state index in [9.17, 15) is 0 Å². The van der Waals surface area contributed by atoms with Crippen molar-refractivity contribution in [2.45, 2.75) is 0 Å². The molecule has 1 aliphatic heterocycles. The summed E-state index contributed by atoms with van der Waals surface area (Å²) in [5.41, 5.74) is 0. The maximum atomic E-state index is 5.48. The molecule has 0 aromatic heterocycles. The fourth-order valence-corrected chi connectivity index (χ4v) is 0.477. The van der Waals surface area contributed by atoms with E-state index in [2.05, 4.69) is 11.5 Å². The average Bonchev–Trinajstić information content (AvgIpc) is 1.91. The fraction of sp³-hybridized carbons (Fsp3) is 0.500. The van der Waals surface area contributed by atoms with E-state index in [0.717, 1.165) is 6.54 Å². The molecule has 3 heteroatoms. The largest absolute Gasteiger partial charge is 0.348 e. The molecule has 0 aromatic carbocycles. The first kappa shape index (κ1) is 4.91. The number of rotatable bonds is 0. The number of nitrogens with zero attached hydrogens (tertiary/aromatic N) is 2. The molecule has 0 saturated heterocycles. The standard InChI is InChI=1S/C4H5ClN2/c1-7-3-2-6-4(7)5/h3H2,1H3. The topological polar surface area (TPSA) is 15.6 Å². The Morgan fingerprint density at radius 3 is 2.86 bits per heavy atom. The molecule has 1 rings (SSSR count). The number of likely N-dealkylation sites (N-methyl/N-ethyl adjacent to an activating group) is 1. The molecule has 2 radical (unpaired) electrons. The molecule has 0 N–H and O–H groups in total. The number of hydrogen-bond donors (Lipinski definition) is 0. The Labute approximate surface area is 47.8 Å². The molecule has 2 nitrogen and oxygen atoms in total. The van der Waals surface area contributed by atoms with E-state index in [1.165, 1.54) is 0 Å². The average molecular weight is 117 g/mol. The second-order valence-electron chi connectivity index (χ2n) is 1.40. The van der Waals surface area contributed by atoms with Gasteiger partial charge in [-0.05, 0) is 11.6 Å². The maximum absolute atomic E-state index is 5.48. The molecule has 1 aliphatic rings. The van der Waals surface area contributed by atoms with Gasteiger partial charge in [0.2, 0.25) is 0 Å². The van der Waals surface area contributed by atoms with Gasteiger partial charge in [0.25, 0.3) is 0 Å². The van der Waals surface area contributed by atoms with Crippen LogP contribution in [0.3, 0.4) is 0 Å². The third-order valence-corrected chi connectivity index (χ3v) is 1.17. The maximum Gasteiger partial charge on any atom is 0.194 e. The highest BCUT2D eigenvalue weighted by Gasteiger charge is 2.08. The Hall–Kier alpha value is -0.240. The Morgan fingerprint density at radius 2 is 2.71 bits per heavy atom. The van der Waals surface area contributed by atoms with Crippen molar-refractivity contribution in [1.82, 2.24) is 4.90 Å². The summed E-state index contributed by atoms with van der Waals surface area (Å²) in [6, 6.07) is 0. The summed E-state index contributed by atoms with van der Waals surface area (Å²) in [5, 5.41) is 0.528. The number of amidine groups is 1. The molecule has 0 aromatic rings. The molecule has 0 atom stereocenters. The van der Waals surface area contributed by atoms with Crippen molar-refractivity contribution in [1.29, 1.82) is 0 Å². The normalized spacial score (nSPS) is 20.3. The van der Waals surface area contributed by atoms with Gasteiger partial charge in [0, 0.05) is 7.05 Å². The van der Waals surface area contributed by atoms with Crippen LogP contribution in [0.4, 0.5) is 0 Å². The smallest absolute Gasteiger partial charge is 0.194 e. The van der Waals surface area contributed by atoms with E-state index < -0.39 is 0 Å². The monoisotopic (exact) mass is 116 g/mol. The molecule has 1 heterocycles. The Balaban J connectivity index is 2.54. The van der Waals surface area contributed by atoms with Gasteiger partial charge in [-0.2, -0.15) is 0 Å². The molecule has 0 saturated carbocycles. The summed E-state index contributed by atoms with van der Waals surface area (Å²) in [7, 11) is 1.87. The first-order valence-electron chi connectivity index (χ1n) is 1.98. The van der Waals surface area contributed by atoms with Crippen LogP contribution in [0.5, 0.6) is 0 Å². The van der Waals surface area contributed by atoms with Crippen molar-refractivity contribution in [3.8, 4) is 0 Å². The van der Waals surface area contributed by atoms with Gasteiger partial charge in [-0.3, -0.25) is 0 Å². The van der Waals surface area contributed by atoms with Crippen LogP contribution in [0, 0.1) is 6.54 Å². The summed E-state index contributed by atoms with van der Waals surface area (Å²) in [5.74, 6) is 0. The minimum absolute atomic E-state index is 0.528. The van der Waals surface area contributed by atoms with E-state index in [4.69, 9.17) is 11.6 Å². The quantitative estimate of drug-likeness (QED) is 0.423. The fourth-order valence-electron chi connectivity index (χ4n) is 0.357. The first-order valence-corrected chi connectivity index (χ1v) is 2.35. The molecule has 0 unspecified atom stereocenters. The van der Waals surface area contributed by atoms with E-state index >= 15 is 0 Å². The van der Waals surface area contributed by atoms with Crippen molar-refractivity contribution in [3.63, 3.8) is 0 Å². The summed E-state index contributed by atoms with van der Waals surface area (Å²) < 4.78 is 0. The van der Waals surface area contributed by atoms with E-state index in [1.54, 1.807) is 0 Å². The van der Waals surface area contributed by atoms with E-state index in [0.29, 0.717) is 5.29 Å². The van der Waals surface area contributed by atoms with Gasteiger partial charge in [-0.1, -0.05) is 0 Å². The van der Waals surface area contributed by atoms with Crippen molar-refractivity contribution in [2.24, 2.45) is 4.99 Å². The van der Waals surface area contributed by atoms with E-state index in [-0.39, 0.29) is 0 Å². The zero-order valence-electron chi connectivity index (χ0n) is 3.98. The van der Waals surface area contributed by atoms with Crippen LogP contribution in [0.1, 0.15) is 0 Å². The molecule has 0 aliphatic carbocycles. The first-order chi connectivity index (χ1) is 3.30. The minimum atomic E-state index is 0.528. The summed E-state index contributed by atoms with van der Waals surface area (Å²) >= 11 is 5.48. The summed E-state index contributed by atoms with van der Waals surface area (Å²) in [6.07, 6.45) is 0. The van der Waals surface area contributed by atoms with Gasteiger partial charge >= 0.3 is 0 Å². The zero-order valence-corrected chi connectivity index (χ0v) is 4.74. The summed E-state index contributed by atoms with van der Waals surface area (Å²) in [6.45, 7) is 3.42. The molecular formula is C4H5ClN2. The van der Waals surface area contributed by atoms with Crippen LogP contribution < -0.4 is 0 Å². The molecule has 0 bridgehead atoms. The van der Waals surface area contributed by atoms with Gasteiger partial charge in [0.05, 0.1) is 6.54 Å². The Kier molecular flexibility index (Phi) is 1.19. The summed E-state index contributed by atoms with van der Waals surface area (Å²) in [4.78, 5) is 5.48. The predicted octanol–water partition coefficient (Wildman–Crippen LogP) is 0.565. The van der Waals surface area contributed by atoms with Crippen molar-refractivity contribution >= 4 is 16.9 Å². The van der Waals surface area contributed by atoms with Gasteiger partial charge in [0.15, 0.2) is 5.29 Å². The molecular weight excluding hydrogens is 112 g/mol. The van der Waals surface area contributed by atoms with Gasteiger partial charge in [-0.15, -0.1) is 0 Å². The lowest BCUT2D eigenvalue weighted by atomic mass is 10.6. The van der Waals surface area contributed by atoms with Crippen molar-refractivity contribution in [3.05, 3.63) is 6.54 Å². The predicted molar refractivity (Wildman–Crippen MR) is 29.2 cm³/mol. The molecule has 38 valence electrons. The number of aliphatic imine (C=N–C) groups is 1. The highest BCUT2D eigenvalue weighted by molar-refractivity contribution is 6.64. The van der Waals surface area contributed by atoms with Gasteiger partial charge < -0.3 is 4.90 Å². The second-order valence-corrected chi connectivity index (χ2v) is 1.73. The zero-order chi connectivity index (χ0) is 5.28. The minimum Gasteiger partial charge on any atom is -0.348 e. The highest BCUT2D eigenvalue weighted by atomic mass is 35.5. The molecule has 0 fully saturated rings. The van der Waals surface area contributed by atoms with Gasteiger partial charge in [0.1, 0.15) is 6.54 Å². The van der Waals surface area contributed by atoms with Crippen LogP contribution in [-0.2, 0) is 0 Å². The Morgan fingerprint density at radius 1 is 2.00 bits per heavy atom.